The number of ether oxygens (including phenoxy) is 2. The zero-order chi connectivity index (χ0) is 23.5. The lowest BCUT2D eigenvalue weighted by Crippen LogP contribution is -2.33. The molecule has 34 heavy (non-hydrogen) atoms. The van der Waals surface area contributed by atoms with Gasteiger partial charge in [0.2, 0.25) is 0 Å². The minimum Gasteiger partial charge on any atom is -0.508 e. The highest BCUT2D eigenvalue weighted by Crippen LogP contribution is 2.47. The zero-order valence-corrected chi connectivity index (χ0v) is 19.7. The normalized spacial score (nSPS) is 20.4. The summed E-state index contributed by atoms with van der Waals surface area (Å²) in [5, 5.41) is 10.5. The molecule has 2 aliphatic heterocycles. The molecule has 176 valence electrons. The quantitative estimate of drug-likeness (QED) is 0.362. The Morgan fingerprint density at radius 1 is 0.912 bits per heavy atom. The summed E-state index contributed by atoms with van der Waals surface area (Å²) in [4.78, 5) is 15.6. The van der Waals surface area contributed by atoms with Crippen LogP contribution in [0.4, 0.5) is 0 Å². The number of benzene rings is 3. The van der Waals surface area contributed by atoms with Crippen molar-refractivity contribution in [3.05, 3.63) is 88.4 Å². The summed E-state index contributed by atoms with van der Waals surface area (Å²) < 4.78 is 11.6. The summed E-state index contributed by atoms with van der Waals surface area (Å²) in [5.74, 6) is 0.121. The summed E-state index contributed by atoms with van der Waals surface area (Å²) in [6, 6.07) is 20.2. The Kier molecular flexibility index (Phi) is 6.75. The van der Waals surface area contributed by atoms with E-state index in [-0.39, 0.29) is 17.6 Å². The smallest absolute Gasteiger partial charge is 0.319 e. The highest BCUT2D eigenvalue weighted by molar-refractivity contribution is 6.30. The molecule has 2 aliphatic rings. The fraction of sp³-hybridized carbons (Fsp3) is 0.321. The van der Waals surface area contributed by atoms with Crippen molar-refractivity contribution in [2.45, 2.75) is 31.1 Å². The van der Waals surface area contributed by atoms with Crippen LogP contribution < -0.4 is 9.47 Å². The minimum absolute atomic E-state index is 0.0627. The van der Waals surface area contributed by atoms with Gasteiger partial charge >= 0.3 is 5.97 Å². The Morgan fingerprint density at radius 2 is 1.59 bits per heavy atom. The number of aromatic hydroxyl groups is 1. The number of fused-ring (bicyclic) bond motifs is 1. The van der Waals surface area contributed by atoms with Crippen molar-refractivity contribution in [3.8, 4) is 17.2 Å². The molecule has 1 fully saturated rings. The molecule has 3 aromatic rings. The largest absolute Gasteiger partial charge is 0.508 e. The monoisotopic (exact) mass is 477 g/mol. The van der Waals surface area contributed by atoms with Crippen molar-refractivity contribution < 1.29 is 19.4 Å². The van der Waals surface area contributed by atoms with Crippen LogP contribution >= 0.6 is 11.6 Å². The van der Waals surface area contributed by atoms with Crippen LogP contribution in [0, 0.1) is 0 Å². The van der Waals surface area contributed by atoms with Crippen LogP contribution in [0.25, 0.3) is 0 Å². The van der Waals surface area contributed by atoms with E-state index in [2.05, 4.69) is 4.90 Å². The molecule has 0 spiro atoms. The molecular weight excluding hydrogens is 450 g/mol. The van der Waals surface area contributed by atoms with E-state index in [4.69, 9.17) is 21.1 Å². The van der Waals surface area contributed by atoms with Gasteiger partial charge in [-0.15, -0.1) is 0 Å². The molecular formula is C28H28ClNO4. The SMILES string of the molecule is O=C1Oc2cc(O)ccc2C(c2ccc(OCCN3CCCCC3)cc2)C1c1ccc(Cl)cc1. The van der Waals surface area contributed by atoms with Gasteiger partial charge in [-0.05, 0) is 67.4 Å². The van der Waals surface area contributed by atoms with Crippen LogP contribution in [0.2, 0.25) is 5.02 Å². The molecule has 2 heterocycles. The second kappa shape index (κ2) is 10.1. The van der Waals surface area contributed by atoms with E-state index in [1.165, 1.54) is 25.3 Å². The van der Waals surface area contributed by atoms with Crippen LogP contribution in [0.3, 0.4) is 0 Å². The third kappa shape index (κ3) is 4.91. The lowest BCUT2D eigenvalue weighted by atomic mass is 9.75. The van der Waals surface area contributed by atoms with Gasteiger partial charge in [-0.3, -0.25) is 9.69 Å². The first kappa shape index (κ1) is 22.8. The molecule has 6 heteroatoms. The van der Waals surface area contributed by atoms with Crippen molar-refractivity contribution in [1.29, 1.82) is 0 Å². The molecule has 0 aromatic heterocycles. The molecule has 5 nitrogen and oxygen atoms in total. The van der Waals surface area contributed by atoms with Crippen LogP contribution in [-0.4, -0.2) is 42.2 Å². The zero-order valence-electron chi connectivity index (χ0n) is 19.0. The van der Waals surface area contributed by atoms with Crippen molar-refractivity contribution in [2.24, 2.45) is 0 Å². The molecule has 2 unspecified atom stereocenters. The first-order valence-corrected chi connectivity index (χ1v) is 12.2. The number of esters is 1. The highest BCUT2D eigenvalue weighted by atomic mass is 35.5. The van der Waals surface area contributed by atoms with Gasteiger partial charge in [-0.25, -0.2) is 0 Å². The van der Waals surface area contributed by atoms with Crippen molar-refractivity contribution in [3.63, 3.8) is 0 Å². The molecule has 0 saturated carbocycles. The lowest BCUT2D eigenvalue weighted by Gasteiger charge is -2.33. The van der Waals surface area contributed by atoms with E-state index in [9.17, 15) is 9.90 Å². The Balaban J connectivity index is 1.40. The third-order valence-corrected chi connectivity index (χ3v) is 6.98. The highest BCUT2D eigenvalue weighted by Gasteiger charge is 2.40. The molecule has 1 saturated heterocycles. The number of rotatable bonds is 6. The topological polar surface area (TPSA) is 59.0 Å². The summed E-state index contributed by atoms with van der Waals surface area (Å²) in [7, 11) is 0. The maximum atomic E-state index is 13.1. The van der Waals surface area contributed by atoms with Crippen molar-refractivity contribution >= 4 is 17.6 Å². The molecule has 1 N–H and O–H groups in total. The standard InChI is InChI=1S/C28H28ClNO4/c29-21-8-4-20(5-9-21)27-26(24-13-10-22(31)18-25(24)34-28(27)32)19-6-11-23(12-7-19)33-17-16-30-14-2-1-3-15-30/h4-13,18,26-27,31H,1-3,14-17H2. The first-order chi connectivity index (χ1) is 16.6. The molecule has 2 atom stereocenters. The van der Waals surface area contributed by atoms with Gasteiger partial charge in [0, 0.05) is 29.1 Å². The van der Waals surface area contributed by atoms with E-state index >= 15 is 0 Å². The predicted molar refractivity (Wildman–Crippen MR) is 132 cm³/mol. The minimum atomic E-state index is -0.528. The maximum absolute atomic E-state index is 13.1. The Bertz CT molecular complexity index is 1140. The van der Waals surface area contributed by atoms with E-state index in [0.29, 0.717) is 17.4 Å². The maximum Gasteiger partial charge on any atom is 0.319 e. The number of carbonyl (C=O) groups excluding carboxylic acids is 1. The lowest BCUT2D eigenvalue weighted by molar-refractivity contribution is -0.137. The van der Waals surface area contributed by atoms with Gasteiger partial charge in [-0.1, -0.05) is 48.4 Å². The van der Waals surface area contributed by atoms with Gasteiger partial charge in [0.1, 0.15) is 23.9 Å². The van der Waals surface area contributed by atoms with E-state index < -0.39 is 5.92 Å². The summed E-state index contributed by atoms with van der Waals surface area (Å²) in [6.45, 7) is 3.90. The predicted octanol–water partition coefficient (Wildman–Crippen LogP) is 5.75. The molecule has 0 bridgehead atoms. The molecule has 0 amide bonds. The third-order valence-electron chi connectivity index (χ3n) is 6.72. The number of phenolic OH excluding ortho intramolecular Hbond substituents is 1. The van der Waals surface area contributed by atoms with E-state index in [1.54, 1.807) is 18.2 Å². The summed E-state index contributed by atoms with van der Waals surface area (Å²) >= 11 is 6.09. The van der Waals surface area contributed by atoms with Gasteiger partial charge in [0.05, 0.1) is 5.92 Å². The summed E-state index contributed by atoms with van der Waals surface area (Å²) in [6.07, 6.45) is 3.87. The van der Waals surface area contributed by atoms with Crippen LogP contribution in [0.1, 0.15) is 47.8 Å². The molecule has 0 aliphatic carbocycles. The van der Waals surface area contributed by atoms with Gasteiger partial charge in [-0.2, -0.15) is 0 Å². The Morgan fingerprint density at radius 3 is 2.32 bits per heavy atom. The van der Waals surface area contributed by atoms with Gasteiger partial charge < -0.3 is 14.6 Å². The average molecular weight is 478 g/mol. The van der Waals surface area contributed by atoms with Crippen LogP contribution in [-0.2, 0) is 4.79 Å². The van der Waals surface area contributed by atoms with Crippen molar-refractivity contribution in [2.75, 3.05) is 26.2 Å². The average Bonchev–Trinajstić information content (AvgIpc) is 2.85. The molecule has 3 aromatic carbocycles. The number of hydrogen-bond donors (Lipinski definition) is 1. The number of piperidine rings is 1. The number of halogens is 1. The summed E-state index contributed by atoms with van der Waals surface area (Å²) in [5.41, 5.74) is 2.67. The number of phenols is 1. The van der Waals surface area contributed by atoms with Gasteiger partial charge in [0.25, 0.3) is 0 Å². The molecule has 0 radical (unpaired) electrons. The number of likely N-dealkylation sites (tertiary alicyclic amines) is 1. The first-order valence-electron chi connectivity index (χ1n) is 11.8. The fourth-order valence-electron chi connectivity index (χ4n) is 4.97. The second-order valence-corrected chi connectivity index (χ2v) is 9.41. The number of carbonyl (C=O) groups is 1. The number of nitrogens with zero attached hydrogens (tertiary/aromatic N) is 1. The molecule has 5 rings (SSSR count). The van der Waals surface area contributed by atoms with Gasteiger partial charge in [0.15, 0.2) is 0 Å². The second-order valence-electron chi connectivity index (χ2n) is 8.97. The Labute approximate surface area is 204 Å². The fourth-order valence-corrected chi connectivity index (χ4v) is 5.10. The van der Waals surface area contributed by atoms with Crippen LogP contribution in [0.15, 0.2) is 66.7 Å². The Hall–Kier alpha value is -3.02. The van der Waals surface area contributed by atoms with E-state index in [1.807, 2.05) is 42.5 Å². The number of hydrogen-bond acceptors (Lipinski definition) is 5. The van der Waals surface area contributed by atoms with Crippen LogP contribution in [0.5, 0.6) is 17.2 Å². The van der Waals surface area contributed by atoms with Crippen molar-refractivity contribution in [1.82, 2.24) is 4.90 Å². The van der Waals surface area contributed by atoms with E-state index in [0.717, 1.165) is 42.1 Å².